The van der Waals surface area contributed by atoms with Crippen LogP contribution in [-0.2, 0) is 6.54 Å². The summed E-state index contributed by atoms with van der Waals surface area (Å²) in [6.07, 6.45) is 3.88. The van der Waals surface area contributed by atoms with Crippen molar-refractivity contribution < 1.29 is 0 Å². The third-order valence-corrected chi connectivity index (χ3v) is 2.18. The summed E-state index contributed by atoms with van der Waals surface area (Å²) in [6, 6.07) is 4.14. The van der Waals surface area contributed by atoms with Crippen LogP contribution >= 0.6 is 0 Å². The molecule has 0 saturated heterocycles. The normalized spacial score (nSPS) is 10.9. The molecule has 0 atom stereocenters. The topological polar surface area (TPSA) is 29.3 Å². The minimum absolute atomic E-state index is 0.821. The Morgan fingerprint density at radius 3 is 3.15 bits per heavy atom. The first-order valence-electron chi connectivity index (χ1n) is 4.38. The van der Waals surface area contributed by atoms with Crippen LogP contribution in [0.15, 0.2) is 24.7 Å². The lowest BCUT2D eigenvalue weighted by molar-refractivity contribution is 0.802. The van der Waals surface area contributed by atoms with Crippen molar-refractivity contribution in [1.82, 2.24) is 14.7 Å². The highest BCUT2D eigenvalue weighted by Crippen LogP contribution is 2.13. The Hall–Kier alpha value is -1.35. The maximum atomic E-state index is 4.35. The number of fused-ring (bicyclic) bond motifs is 1. The molecular formula is C10H13N3. The molecule has 0 saturated carbocycles. The van der Waals surface area contributed by atoms with E-state index in [0.29, 0.717) is 0 Å². The largest absolute Gasteiger partial charge is 0.314 e. The molecule has 0 bridgehead atoms. The molecule has 0 aliphatic heterocycles. The van der Waals surface area contributed by atoms with Crippen molar-refractivity contribution in [1.29, 1.82) is 0 Å². The van der Waals surface area contributed by atoms with Gasteiger partial charge in [0.25, 0.3) is 0 Å². The molecule has 0 aliphatic rings. The SMILES string of the molecule is CNCc1ncn2cccc(C)c12. The van der Waals surface area contributed by atoms with Crippen LogP contribution in [0.2, 0.25) is 0 Å². The summed E-state index contributed by atoms with van der Waals surface area (Å²) >= 11 is 0. The Labute approximate surface area is 77.4 Å². The molecule has 0 aromatic carbocycles. The molecule has 0 radical (unpaired) electrons. The first-order valence-corrected chi connectivity index (χ1v) is 4.38. The van der Waals surface area contributed by atoms with Gasteiger partial charge >= 0.3 is 0 Å². The van der Waals surface area contributed by atoms with Crippen molar-refractivity contribution in [3.63, 3.8) is 0 Å². The zero-order valence-corrected chi connectivity index (χ0v) is 7.91. The van der Waals surface area contributed by atoms with E-state index < -0.39 is 0 Å². The zero-order chi connectivity index (χ0) is 9.26. The molecule has 0 aliphatic carbocycles. The molecule has 0 fully saturated rings. The van der Waals surface area contributed by atoms with Crippen molar-refractivity contribution in [3.8, 4) is 0 Å². The summed E-state index contributed by atoms with van der Waals surface area (Å²) in [5, 5.41) is 3.11. The fourth-order valence-corrected chi connectivity index (χ4v) is 1.60. The summed E-state index contributed by atoms with van der Waals surface area (Å²) in [4.78, 5) is 4.35. The standard InChI is InChI=1S/C10H13N3/c1-8-4-3-5-13-7-12-9(6-11-2)10(8)13/h3-5,7,11H,6H2,1-2H3. The number of imidazole rings is 1. The quantitative estimate of drug-likeness (QED) is 0.746. The molecule has 0 spiro atoms. The van der Waals surface area contributed by atoms with Crippen LogP contribution in [0.3, 0.4) is 0 Å². The zero-order valence-electron chi connectivity index (χ0n) is 7.91. The highest BCUT2D eigenvalue weighted by molar-refractivity contribution is 5.58. The summed E-state index contributed by atoms with van der Waals surface area (Å²) in [5.41, 5.74) is 3.60. The molecule has 2 aromatic rings. The summed E-state index contributed by atoms with van der Waals surface area (Å²) in [6.45, 7) is 2.93. The van der Waals surface area contributed by atoms with E-state index in [1.807, 2.05) is 25.6 Å². The van der Waals surface area contributed by atoms with Gasteiger partial charge in [-0.3, -0.25) is 0 Å². The van der Waals surface area contributed by atoms with Gasteiger partial charge in [0.2, 0.25) is 0 Å². The lowest BCUT2D eigenvalue weighted by atomic mass is 10.2. The monoisotopic (exact) mass is 175 g/mol. The molecule has 2 heterocycles. The molecule has 3 nitrogen and oxygen atoms in total. The second-order valence-electron chi connectivity index (χ2n) is 3.17. The highest BCUT2D eigenvalue weighted by atomic mass is 15.0. The van der Waals surface area contributed by atoms with Crippen molar-refractivity contribution in [2.45, 2.75) is 13.5 Å². The summed E-state index contributed by atoms with van der Waals surface area (Å²) in [5.74, 6) is 0. The van der Waals surface area contributed by atoms with Gasteiger partial charge in [-0.1, -0.05) is 6.07 Å². The van der Waals surface area contributed by atoms with Crippen molar-refractivity contribution >= 4 is 5.52 Å². The van der Waals surface area contributed by atoms with E-state index in [1.165, 1.54) is 11.1 Å². The smallest absolute Gasteiger partial charge is 0.0996 e. The van der Waals surface area contributed by atoms with Crippen LogP contribution in [0.25, 0.3) is 5.52 Å². The maximum absolute atomic E-state index is 4.35. The van der Waals surface area contributed by atoms with Crippen LogP contribution in [0.4, 0.5) is 0 Å². The number of rotatable bonds is 2. The Morgan fingerprint density at radius 2 is 2.38 bits per heavy atom. The predicted molar refractivity (Wildman–Crippen MR) is 52.7 cm³/mol. The van der Waals surface area contributed by atoms with Gasteiger partial charge in [-0.2, -0.15) is 0 Å². The van der Waals surface area contributed by atoms with Crippen LogP contribution < -0.4 is 5.32 Å². The van der Waals surface area contributed by atoms with E-state index in [9.17, 15) is 0 Å². The van der Waals surface area contributed by atoms with Gasteiger partial charge in [0.05, 0.1) is 17.5 Å². The van der Waals surface area contributed by atoms with Crippen LogP contribution in [0, 0.1) is 6.92 Å². The Bertz CT molecular complexity index is 417. The molecule has 0 amide bonds. The first-order chi connectivity index (χ1) is 6.33. The third-order valence-electron chi connectivity index (χ3n) is 2.18. The van der Waals surface area contributed by atoms with Gasteiger partial charge < -0.3 is 9.72 Å². The third kappa shape index (κ3) is 1.31. The van der Waals surface area contributed by atoms with E-state index >= 15 is 0 Å². The van der Waals surface area contributed by atoms with E-state index in [1.54, 1.807) is 0 Å². The summed E-state index contributed by atoms with van der Waals surface area (Å²) < 4.78 is 2.06. The fourth-order valence-electron chi connectivity index (χ4n) is 1.60. The second kappa shape index (κ2) is 3.18. The Morgan fingerprint density at radius 1 is 1.54 bits per heavy atom. The molecule has 1 N–H and O–H groups in total. The minimum atomic E-state index is 0.821. The van der Waals surface area contributed by atoms with E-state index in [2.05, 4.69) is 27.7 Å². The Kier molecular flexibility index (Phi) is 2.02. The number of nitrogens with one attached hydrogen (secondary N) is 1. The number of aromatic nitrogens is 2. The van der Waals surface area contributed by atoms with Crippen molar-refractivity contribution in [2.24, 2.45) is 0 Å². The van der Waals surface area contributed by atoms with Gasteiger partial charge in [0, 0.05) is 12.7 Å². The lowest BCUT2D eigenvalue weighted by Crippen LogP contribution is -2.06. The van der Waals surface area contributed by atoms with Gasteiger partial charge in [0.15, 0.2) is 0 Å². The number of hydrogen-bond donors (Lipinski definition) is 1. The molecule has 13 heavy (non-hydrogen) atoms. The summed E-state index contributed by atoms with van der Waals surface area (Å²) in [7, 11) is 1.93. The van der Waals surface area contributed by atoms with E-state index in [-0.39, 0.29) is 0 Å². The van der Waals surface area contributed by atoms with E-state index in [4.69, 9.17) is 0 Å². The van der Waals surface area contributed by atoms with Crippen molar-refractivity contribution in [3.05, 3.63) is 35.9 Å². The van der Waals surface area contributed by atoms with Gasteiger partial charge in [-0.05, 0) is 25.6 Å². The van der Waals surface area contributed by atoms with Crippen molar-refractivity contribution in [2.75, 3.05) is 7.05 Å². The average Bonchev–Trinajstić information content (AvgIpc) is 2.51. The van der Waals surface area contributed by atoms with Gasteiger partial charge in [-0.25, -0.2) is 4.98 Å². The number of pyridine rings is 1. The first kappa shape index (κ1) is 8.26. The molecular weight excluding hydrogens is 162 g/mol. The number of aryl methyl sites for hydroxylation is 1. The molecule has 3 heteroatoms. The van der Waals surface area contributed by atoms with E-state index in [0.717, 1.165) is 12.2 Å². The van der Waals surface area contributed by atoms with Gasteiger partial charge in [-0.15, -0.1) is 0 Å². The highest BCUT2D eigenvalue weighted by Gasteiger charge is 2.04. The fraction of sp³-hybridized carbons (Fsp3) is 0.300. The Balaban J connectivity index is 2.64. The second-order valence-corrected chi connectivity index (χ2v) is 3.17. The number of hydrogen-bond acceptors (Lipinski definition) is 2. The predicted octanol–water partition coefficient (Wildman–Crippen LogP) is 1.36. The van der Waals surface area contributed by atoms with Gasteiger partial charge in [0.1, 0.15) is 0 Å². The molecule has 68 valence electrons. The van der Waals surface area contributed by atoms with Crippen LogP contribution in [0.5, 0.6) is 0 Å². The maximum Gasteiger partial charge on any atom is 0.0996 e. The van der Waals surface area contributed by atoms with Crippen LogP contribution in [0.1, 0.15) is 11.3 Å². The molecule has 0 unspecified atom stereocenters. The average molecular weight is 175 g/mol. The van der Waals surface area contributed by atoms with Crippen LogP contribution in [-0.4, -0.2) is 16.4 Å². The molecule has 2 aromatic heterocycles. The molecule has 2 rings (SSSR count). The minimum Gasteiger partial charge on any atom is -0.314 e. The number of nitrogens with zero attached hydrogens (tertiary/aromatic N) is 2. The lowest BCUT2D eigenvalue weighted by Gasteiger charge is -2.00.